The average molecular weight is 2080 g/mol. The third kappa shape index (κ3) is 22.9. The minimum atomic E-state index is -4.01. The molecule has 4 aromatic carbocycles. The number of aliphatic hydroxyl groups excluding tert-OH is 1. The highest BCUT2D eigenvalue weighted by Gasteiger charge is 2.53. The van der Waals surface area contributed by atoms with E-state index < -0.39 is 72.1 Å². The Morgan fingerprint density at radius 2 is 0.648 bits per heavy atom. The summed E-state index contributed by atoms with van der Waals surface area (Å²) in [7, 11) is -16.7. The number of primary sulfonamides is 2. The summed E-state index contributed by atoms with van der Waals surface area (Å²) < 4.78 is 87.8. The highest BCUT2D eigenvalue weighted by Crippen LogP contribution is 2.60. The van der Waals surface area contributed by atoms with Crippen molar-refractivity contribution in [3.63, 3.8) is 0 Å². The van der Waals surface area contributed by atoms with Gasteiger partial charge in [0.25, 0.3) is 10.0 Å². The van der Waals surface area contributed by atoms with E-state index in [9.17, 15) is 39.9 Å². The van der Waals surface area contributed by atoms with Gasteiger partial charge in [-0.2, -0.15) is 0 Å². The zero-order valence-corrected chi connectivity index (χ0v) is 92.6. The van der Waals surface area contributed by atoms with E-state index in [1.54, 1.807) is 52.2 Å². The lowest BCUT2D eigenvalue weighted by Crippen LogP contribution is -2.43. The number of aliphatic hydroxyl groups is 1. The molecule has 10 N–H and O–H groups in total. The van der Waals surface area contributed by atoms with E-state index in [4.69, 9.17) is 25.0 Å². The monoisotopic (exact) mass is 2070 g/mol. The second-order valence-corrected chi connectivity index (χ2v) is 68.9. The van der Waals surface area contributed by atoms with E-state index in [1.807, 2.05) is 23.1 Å². The van der Waals surface area contributed by atoms with Crippen LogP contribution in [0, 0.1) is 23.7 Å². The number of ether oxygens (including phenoxy) is 1. The second-order valence-electron chi connectivity index (χ2n) is 47.4. The Morgan fingerprint density at radius 3 is 0.938 bits per heavy atom. The number of nitrogens with two attached hydrogens (primary N) is 2. The summed E-state index contributed by atoms with van der Waals surface area (Å²) in [6, 6.07) is 44.4. The number of benzene rings is 4. The minimum Gasteiger partial charge on any atom is -0.443 e. The smallest absolute Gasteiger partial charge is 0.421 e. The molecule has 16 atom stereocenters. The number of carbonyl (C=O) groups excluding carboxylic acids is 2. The molecule has 12 aromatic rings. The first-order valence-corrected chi connectivity index (χ1v) is 65.5. The fourth-order valence-electron chi connectivity index (χ4n) is 24.1. The predicted molar refractivity (Wildman–Crippen MR) is 588 cm³/mol. The maximum Gasteiger partial charge on any atom is 0.421 e. The molecule has 20 rings (SSSR count). The molecule has 0 unspecified atom stereocenters. The Labute approximate surface area is 858 Å². The van der Waals surface area contributed by atoms with E-state index in [1.165, 1.54) is 62.3 Å². The number of nitrogens with zero attached hydrogens (tertiary/aromatic N) is 12. The standard InChI is InChI=1S/C33H47N5O4SSi.C28H39N5O2SSi.C27H36N4OSi.C22H25N5O3S/c1-32(2,3)42-31(39)37-43(40,41)18-16-23-19-24(20-28(23)44(7,8)33(4,5)6)38-17-15-26-29(34-21-35-30(26)38)36-27-14-13-22-11-9-10-12-25(22)27;1-28(2,3)37(4,5)25-17-21(16-20(25)13-15-36(29,34)35)33-14-12-23-26(30-18-31-27(23)33)32-24-11-10-19-8-6-7-9-22(19)24;1-27(2,3)33(4,5)24-15-20(14-19(24)16-32)31-13-12-22-25(28-17-29-26(22)31)30-23-11-10-18-8-6-7-9-21(18)23;23-31(29,30)10-8-15-11-16(12-20(15)28)27-9-7-18-21(24-13-25-22(18)27)26-19-6-5-14-3-1-2-4-17(14)19/h9-12,15-18,21,23-24,27-28H,13-14,19-20H2,1-8H3,(H,37,39)(H,34,35,36);6-9,12-15,18,20-21,24-25H,10-11,16-17H2,1-5H3,(H2,29,34,35)(H,30,31,32);6-9,12-13,16-17,19-20,23-24H,10-11,14-15H2,1-5H3,(H,28,29,30);1-4,7-10,13,15-16,19-20,28H,5-6,11-12H2,(H2,23,29,30)(H,24,25,26)/b18-16+;15-13+;;10-8+/t23-,24-,27+,28+;20-,21-,24+,25+;19-,20+,23-,24-;15-,16-,19+,20+/m1101/s1. The van der Waals surface area contributed by atoms with Crippen molar-refractivity contribution in [2.24, 2.45) is 33.9 Å². The lowest BCUT2D eigenvalue weighted by atomic mass is 10.1. The van der Waals surface area contributed by atoms with Crippen LogP contribution in [0.1, 0.15) is 253 Å². The Kier molecular flexibility index (Phi) is 30.0. The molecule has 1 amide bonds. The van der Waals surface area contributed by atoms with Crippen LogP contribution in [0.4, 0.5) is 28.1 Å². The van der Waals surface area contributed by atoms with Crippen LogP contribution < -0.4 is 36.3 Å². The molecule has 4 saturated carbocycles. The number of anilines is 4. The molecule has 8 heterocycles. The number of sulfonamides is 3. The topological polar surface area (TPSA) is 401 Å². The molecule has 145 heavy (non-hydrogen) atoms. The summed E-state index contributed by atoms with van der Waals surface area (Å²) in [6.07, 6.45) is 34.8. The fraction of sp³-hybridized carbons (Fsp3) is 0.491. The van der Waals surface area contributed by atoms with Gasteiger partial charge in [0.1, 0.15) is 83.1 Å². The van der Waals surface area contributed by atoms with E-state index in [0.29, 0.717) is 35.5 Å². The summed E-state index contributed by atoms with van der Waals surface area (Å²) in [5.41, 5.74) is 15.0. The SMILES string of the molecule is CC(C)(C)OC(=O)NS(=O)(=O)/C=C/[C@@H]1C[C@@H](n2ccc3c(N[C@H]4CCc5ccccc54)ncnc32)C[C@@H]1[Si](C)(C)C(C)(C)C.CC(C)(C)[Si](C)(C)[C@H]1C[C@H](n2ccc3c(N[C@H]4CCc5ccccc54)ncnc32)C[C@H]1/C=C/S(N)(=O)=O.CC(C)(C)[Si](C)(C)[C@H]1C[C@H](n2ccc3c(N[C@H]4CCc5ccccc54)ncnc32)C[C@H]1C=O.NS(=O)(=O)/C=C/[C@@H]1C[C@@H](n2ccc3c(N[C@H]4CCc5ccccc54)ncnc32)C[C@@H]1O. The number of hydrogen-bond donors (Lipinski definition) is 8. The number of aryl methyl sites for hydroxylation is 4. The summed E-state index contributed by atoms with van der Waals surface area (Å²) in [5, 5.41) is 43.4. The van der Waals surface area contributed by atoms with Gasteiger partial charge in [-0.1, -0.05) is 217 Å². The van der Waals surface area contributed by atoms with Gasteiger partial charge in [-0.05, 0) is 236 Å². The minimum absolute atomic E-state index is 0.0117. The van der Waals surface area contributed by atoms with E-state index in [0.717, 1.165) is 168 Å². The normalized spacial score (nSPS) is 24.6. The van der Waals surface area contributed by atoms with Gasteiger partial charge in [0.05, 0.1) is 76.0 Å². The third-order valence-electron chi connectivity index (χ3n) is 34.6. The number of amides is 1. The number of carbonyl (C=O) groups is 2. The van der Waals surface area contributed by atoms with Crippen LogP contribution in [0.5, 0.6) is 0 Å². The molecule has 0 saturated heterocycles. The Morgan fingerprint density at radius 1 is 0.379 bits per heavy atom. The lowest BCUT2D eigenvalue weighted by Gasteiger charge is -2.44. The first-order chi connectivity index (χ1) is 68.4. The van der Waals surface area contributed by atoms with Crippen LogP contribution in [0.25, 0.3) is 44.1 Å². The average Bonchev–Trinajstić information content (AvgIpc) is 1.59. The van der Waals surface area contributed by atoms with Crippen LogP contribution in [-0.4, -0.2) is 137 Å². The number of aldehydes is 1. The van der Waals surface area contributed by atoms with Crippen molar-refractivity contribution in [2.45, 2.75) is 317 Å². The van der Waals surface area contributed by atoms with E-state index >= 15 is 0 Å². The van der Waals surface area contributed by atoms with Gasteiger partial charge in [0.15, 0.2) is 0 Å². The number of rotatable bonds is 23. The highest BCUT2D eigenvalue weighted by molar-refractivity contribution is 7.93. The highest BCUT2D eigenvalue weighted by atomic mass is 32.2. The van der Waals surface area contributed by atoms with Crippen LogP contribution in [-0.2, 0) is 65.3 Å². The zero-order chi connectivity index (χ0) is 104. The van der Waals surface area contributed by atoms with E-state index in [2.05, 4.69) is 305 Å². The second kappa shape index (κ2) is 41.3. The molecule has 0 aliphatic heterocycles. The molecule has 4 fully saturated rings. The number of allylic oxidation sites excluding steroid dienone is 2. The number of hydrogen-bond acceptors (Lipinski definition) is 22. The van der Waals surface area contributed by atoms with E-state index in [-0.39, 0.29) is 81.1 Å². The number of aromatic nitrogens is 12. The molecular formula is C110H147N19O10S3Si3. The number of fused-ring (bicyclic) bond motifs is 8. The van der Waals surface area contributed by atoms with Gasteiger partial charge >= 0.3 is 6.09 Å². The summed E-state index contributed by atoms with van der Waals surface area (Å²) in [4.78, 5) is 61.3. The molecule has 772 valence electrons. The maximum absolute atomic E-state index is 12.9. The fourth-order valence-corrected chi connectivity index (χ4v) is 35.5. The Hall–Kier alpha value is -10.9. The Balaban J connectivity index is 0.000000133. The first kappa shape index (κ1) is 105. The van der Waals surface area contributed by atoms with Gasteiger partial charge in [0, 0.05) is 77.0 Å². The first-order valence-electron chi connectivity index (χ1n) is 51.5. The van der Waals surface area contributed by atoms with Gasteiger partial charge < -0.3 is 54.2 Å². The van der Waals surface area contributed by atoms with Crippen molar-refractivity contribution in [3.05, 3.63) is 250 Å². The van der Waals surface area contributed by atoms with Crippen LogP contribution in [0.15, 0.2) is 206 Å². The van der Waals surface area contributed by atoms with Crippen molar-refractivity contribution in [2.75, 3.05) is 21.3 Å². The lowest BCUT2D eigenvalue weighted by molar-refractivity contribution is -0.111. The summed E-state index contributed by atoms with van der Waals surface area (Å²) in [5.74, 6) is 3.48. The van der Waals surface area contributed by atoms with Crippen molar-refractivity contribution in [1.29, 1.82) is 0 Å². The molecule has 35 heteroatoms. The maximum atomic E-state index is 12.9. The van der Waals surface area contributed by atoms with Crippen molar-refractivity contribution >= 4 is 134 Å². The quantitative estimate of drug-likeness (QED) is 0.0218. The molecule has 0 spiro atoms. The van der Waals surface area contributed by atoms with Gasteiger partial charge in [-0.3, -0.25) is 0 Å². The van der Waals surface area contributed by atoms with Crippen LogP contribution in [0.2, 0.25) is 71.0 Å². The summed E-state index contributed by atoms with van der Waals surface area (Å²) >= 11 is 0. The van der Waals surface area contributed by atoms with Crippen molar-refractivity contribution < 1.29 is 44.7 Å². The molecule has 0 radical (unpaired) electrons. The van der Waals surface area contributed by atoms with Crippen LogP contribution in [0.3, 0.4) is 0 Å². The summed E-state index contributed by atoms with van der Waals surface area (Å²) in [6.45, 7) is 40.6. The molecule has 29 nitrogen and oxygen atoms in total. The molecule has 8 aromatic heterocycles. The Bertz CT molecular complexity index is 7230. The van der Waals surface area contributed by atoms with Crippen molar-refractivity contribution in [1.82, 2.24) is 62.9 Å². The van der Waals surface area contributed by atoms with Gasteiger partial charge in [-0.25, -0.2) is 84.9 Å². The van der Waals surface area contributed by atoms with Gasteiger partial charge in [0.2, 0.25) is 20.0 Å². The molecule has 8 aliphatic rings. The van der Waals surface area contributed by atoms with Crippen LogP contribution >= 0.6 is 0 Å². The predicted octanol–water partition coefficient (Wildman–Crippen LogP) is 23.1. The molecule has 8 aliphatic carbocycles. The van der Waals surface area contributed by atoms with Crippen molar-refractivity contribution in [3.8, 4) is 0 Å². The van der Waals surface area contributed by atoms with Gasteiger partial charge in [-0.15, -0.1) is 0 Å². The molecule has 0 bridgehead atoms. The largest absolute Gasteiger partial charge is 0.443 e. The molecular weight excluding hydrogens is 1930 g/mol. The third-order valence-corrected chi connectivity index (χ3v) is 55.8. The zero-order valence-electron chi connectivity index (χ0n) is 87.1. The number of nitrogens with one attached hydrogen (secondary N) is 5.